The summed E-state index contributed by atoms with van der Waals surface area (Å²) in [5, 5.41) is 0. The average Bonchev–Trinajstić information content (AvgIpc) is 3.00. The molecule has 1 amide bonds. The van der Waals surface area contributed by atoms with Gasteiger partial charge in [-0.15, -0.1) is 0 Å². The topological polar surface area (TPSA) is 66.9 Å². The van der Waals surface area contributed by atoms with Crippen molar-refractivity contribution in [3.05, 3.63) is 59.2 Å². The minimum Gasteiger partial charge on any atom is -0.496 e. The number of nitrogens with zero attached hydrogens (tertiary/aromatic N) is 2. The number of anilines is 1. The van der Waals surface area contributed by atoms with Crippen molar-refractivity contribution in [2.24, 2.45) is 0 Å². The molecule has 0 aromatic heterocycles. The van der Waals surface area contributed by atoms with Crippen LogP contribution in [0.2, 0.25) is 0 Å². The number of rotatable bonds is 5. The second kappa shape index (κ2) is 8.04. The molecule has 2 unspecified atom stereocenters. The zero-order chi connectivity index (χ0) is 21.5. The normalized spacial score (nSPS) is 23.4. The molecule has 0 spiro atoms. The molecule has 7 heteroatoms. The van der Waals surface area contributed by atoms with Crippen LogP contribution < -0.4 is 9.64 Å². The van der Waals surface area contributed by atoms with Gasteiger partial charge >= 0.3 is 0 Å². The van der Waals surface area contributed by atoms with Crippen molar-refractivity contribution in [3.8, 4) is 5.75 Å². The highest BCUT2D eigenvalue weighted by Gasteiger charge is 2.49. The summed E-state index contributed by atoms with van der Waals surface area (Å²) in [4.78, 5) is 17.0. The van der Waals surface area contributed by atoms with Crippen LogP contribution in [0.1, 0.15) is 16.7 Å². The van der Waals surface area contributed by atoms with Gasteiger partial charge in [0.05, 0.1) is 31.2 Å². The van der Waals surface area contributed by atoms with E-state index in [-0.39, 0.29) is 36.0 Å². The van der Waals surface area contributed by atoms with Crippen LogP contribution >= 0.6 is 0 Å². The van der Waals surface area contributed by atoms with E-state index in [1.54, 1.807) is 12.0 Å². The van der Waals surface area contributed by atoms with Gasteiger partial charge in [0.1, 0.15) is 5.75 Å². The summed E-state index contributed by atoms with van der Waals surface area (Å²) in [7, 11) is -1.56. The number of methoxy groups -OCH3 is 1. The molecule has 0 saturated carbocycles. The summed E-state index contributed by atoms with van der Waals surface area (Å²) in [5.74, 6) is 0.881. The highest BCUT2D eigenvalue weighted by atomic mass is 32.2. The van der Waals surface area contributed by atoms with E-state index in [1.165, 1.54) is 0 Å². The Balaban J connectivity index is 1.61. The molecule has 6 nitrogen and oxygen atoms in total. The third-order valence-electron chi connectivity index (χ3n) is 6.05. The zero-order valence-corrected chi connectivity index (χ0v) is 18.5. The Morgan fingerprint density at radius 1 is 1.03 bits per heavy atom. The molecule has 0 aliphatic carbocycles. The number of aryl methyl sites for hydroxylation is 2. The molecule has 2 aromatic rings. The van der Waals surface area contributed by atoms with Crippen LogP contribution in [-0.4, -0.2) is 63.0 Å². The smallest absolute Gasteiger partial charge is 0.241 e. The van der Waals surface area contributed by atoms with Gasteiger partial charge in [-0.1, -0.05) is 24.3 Å². The zero-order valence-electron chi connectivity index (χ0n) is 17.7. The standard InChI is InChI=1S/C23H28N2O4S/c1-16-10-17(2)12-19(11-16)25-21-15-30(27,28)14-20(21)24(13-23(25)26)9-8-18-6-4-5-7-22(18)29-3/h4-7,10-12,20-21H,8-9,13-15H2,1-3H3. The lowest BCUT2D eigenvalue weighted by molar-refractivity contribution is -0.123. The van der Waals surface area contributed by atoms with Crippen molar-refractivity contribution in [1.29, 1.82) is 0 Å². The number of ether oxygens (including phenoxy) is 1. The first-order valence-electron chi connectivity index (χ1n) is 10.2. The molecule has 2 atom stereocenters. The second-order valence-corrected chi connectivity index (χ2v) is 10.5. The maximum absolute atomic E-state index is 13.2. The number of para-hydroxylation sites is 1. The van der Waals surface area contributed by atoms with Gasteiger partial charge in [-0.3, -0.25) is 9.69 Å². The SMILES string of the molecule is COc1ccccc1CCN1CC(=O)N(c2cc(C)cc(C)c2)C2CS(=O)(=O)CC21. The monoisotopic (exact) mass is 428 g/mol. The van der Waals surface area contributed by atoms with Crippen LogP contribution in [-0.2, 0) is 21.1 Å². The van der Waals surface area contributed by atoms with Crippen molar-refractivity contribution in [2.75, 3.05) is 36.6 Å². The van der Waals surface area contributed by atoms with Crippen LogP contribution in [0.25, 0.3) is 0 Å². The number of sulfone groups is 1. The number of hydrogen-bond acceptors (Lipinski definition) is 5. The van der Waals surface area contributed by atoms with Gasteiger partial charge in [-0.2, -0.15) is 0 Å². The fourth-order valence-corrected chi connectivity index (χ4v) is 6.78. The minimum atomic E-state index is -3.20. The maximum Gasteiger partial charge on any atom is 0.241 e. The molecule has 160 valence electrons. The molecule has 0 radical (unpaired) electrons. The molecule has 0 N–H and O–H groups in total. The summed E-state index contributed by atoms with van der Waals surface area (Å²) in [6.07, 6.45) is 0.699. The summed E-state index contributed by atoms with van der Waals surface area (Å²) < 4.78 is 30.5. The fraction of sp³-hybridized carbons (Fsp3) is 0.435. The quantitative estimate of drug-likeness (QED) is 0.732. The van der Waals surface area contributed by atoms with Gasteiger partial charge in [0.2, 0.25) is 5.91 Å². The maximum atomic E-state index is 13.2. The molecule has 2 aliphatic heterocycles. The van der Waals surface area contributed by atoms with E-state index in [9.17, 15) is 13.2 Å². The molecule has 30 heavy (non-hydrogen) atoms. The van der Waals surface area contributed by atoms with Crippen LogP contribution in [0.15, 0.2) is 42.5 Å². The number of carbonyl (C=O) groups excluding carboxylic acids is 1. The van der Waals surface area contributed by atoms with Gasteiger partial charge in [0, 0.05) is 18.3 Å². The van der Waals surface area contributed by atoms with Gasteiger partial charge in [-0.25, -0.2) is 8.42 Å². The predicted octanol–water partition coefficient (Wildman–Crippen LogP) is 2.37. The Bertz CT molecular complexity index is 1050. The second-order valence-electron chi connectivity index (χ2n) is 8.35. The van der Waals surface area contributed by atoms with Crippen molar-refractivity contribution < 1.29 is 17.9 Å². The average molecular weight is 429 g/mol. The Morgan fingerprint density at radius 2 is 1.70 bits per heavy atom. The summed E-state index contributed by atoms with van der Waals surface area (Å²) in [6.45, 7) is 4.82. The number of benzene rings is 2. The summed E-state index contributed by atoms with van der Waals surface area (Å²) in [5.41, 5.74) is 3.98. The van der Waals surface area contributed by atoms with Gasteiger partial charge in [0.15, 0.2) is 9.84 Å². The van der Waals surface area contributed by atoms with Crippen LogP contribution in [0, 0.1) is 13.8 Å². The van der Waals surface area contributed by atoms with E-state index >= 15 is 0 Å². The number of amides is 1. The fourth-order valence-electron chi connectivity index (χ4n) is 4.80. The van der Waals surface area contributed by atoms with Crippen LogP contribution in [0.5, 0.6) is 5.75 Å². The van der Waals surface area contributed by atoms with E-state index in [0.29, 0.717) is 13.0 Å². The first-order valence-corrected chi connectivity index (χ1v) is 12.1. The third-order valence-corrected chi connectivity index (χ3v) is 7.75. The largest absolute Gasteiger partial charge is 0.496 e. The van der Waals surface area contributed by atoms with Gasteiger partial charge in [0.25, 0.3) is 0 Å². The van der Waals surface area contributed by atoms with Crippen LogP contribution in [0.3, 0.4) is 0 Å². The lowest BCUT2D eigenvalue weighted by atomic mass is 10.0. The lowest BCUT2D eigenvalue weighted by Gasteiger charge is -2.43. The number of carbonyl (C=O) groups is 1. The Labute approximate surface area is 178 Å². The molecule has 2 saturated heterocycles. The molecule has 2 heterocycles. The molecule has 2 aliphatic rings. The van der Waals surface area contributed by atoms with E-state index in [0.717, 1.165) is 28.1 Å². The number of fused-ring (bicyclic) bond motifs is 1. The Hall–Kier alpha value is -2.38. The first kappa shape index (κ1) is 20.9. The molecular formula is C23H28N2O4S. The lowest BCUT2D eigenvalue weighted by Crippen LogP contribution is -2.62. The highest BCUT2D eigenvalue weighted by molar-refractivity contribution is 7.91. The molecule has 4 rings (SSSR count). The first-order chi connectivity index (χ1) is 14.3. The van der Waals surface area contributed by atoms with E-state index in [4.69, 9.17) is 4.74 Å². The van der Waals surface area contributed by atoms with E-state index < -0.39 is 9.84 Å². The van der Waals surface area contributed by atoms with Gasteiger partial charge < -0.3 is 9.64 Å². The molecular weight excluding hydrogens is 400 g/mol. The third kappa shape index (κ3) is 4.09. The number of piperazine rings is 1. The van der Waals surface area contributed by atoms with Crippen molar-refractivity contribution >= 4 is 21.4 Å². The minimum absolute atomic E-state index is 0.0154. The summed E-state index contributed by atoms with van der Waals surface area (Å²) in [6, 6.07) is 13.3. The molecule has 0 bridgehead atoms. The summed E-state index contributed by atoms with van der Waals surface area (Å²) >= 11 is 0. The van der Waals surface area contributed by atoms with Gasteiger partial charge in [-0.05, 0) is 55.2 Å². The number of hydrogen-bond donors (Lipinski definition) is 0. The van der Waals surface area contributed by atoms with Crippen LogP contribution in [0.4, 0.5) is 5.69 Å². The highest BCUT2D eigenvalue weighted by Crippen LogP contribution is 2.33. The van der Waals surface area contributed by atoms with E-state index in [1.807, 2.05) is 55.1 Å². The van der Waals surface area contributed by atoms with Crippen molar-refractivity contribution in [1.82, 2.24) is 4.90 Å². The molecule has 2 fully saturated rings. The molecule has 2 aromatic carbocycles. The van der Waals surface area contributed by atoms with Crippen molar-refractivity contribution in [2.45, 2.75) is 32.4 Å². The van der Waals surface area contributed by atoms with Crippen molar-refractivity contribution in [3.63, 3.8) is 0 Å². The Kier molecular flexibility index (Phi) is 5.59. The Morgan fingerprint density at radius 3 is 2.40 bits per heavy atom. The predicted molar refractivity (Wildman–Crippen MR) is 118 cm³/mol. The van der Waals surface area contributed by atoms with E-state index in [2.05, 4.69) is 6.07 Å².